The van der Waals surface area contributed by atoms with Crippen molar-refractivity contribution in [2.24, 2.45) is 10.2 Å². The third kappa shape index (κ3) is 25.8. The topological polar surface area (TPSA) is 461 Å². The number of anilines is 3. The summed E-state index contributed by atoms with van der Waals surface area (Å²) in [6.45, 7) is 13.3. The van der Waals surface area contributed by atoms with Gasteiger partial charge in [0, 0.05) is 57.2 Å². The first-order chi connectivity index (χ1) is 33.1. The third-order valence-electron chi connectivity index (χ3n) is 8.54. The average Bonchev–Trinajstić information content (AvgIpc) is 4.04. The minimum absolute atomic E-state index is 0. The van der Waals surface area contributed by atoms with Crippen molar-refractivity contribution in [3.8, 4) is 11.4 Å². The molecule has 0 saturated heterocycles. The molecule has 0 unspecified atom stereocenters. The SMILES string of the molecule is C.C.CC(C)(C)c1nn(-c2cc(S(=O)(=O)[O-])ccc2SOO[O-])c(N)c1N=Nc1nc(SCCS(=O)(=O)[O-])ns1.Cc1ccc(S(O)(O)O)c(-n2nc(C(C)(C)C)cc2N)c1.Nc1nc(SCCS(=O)(=O)O)ns1.[BH4-].[Na+].[Na+].[Na+]. The van der Waals surface area contributed by atoms with E-state index in [0.717, 1.165) is 74.7 Å². The predicted molar refractivity (Wildman–Crippen MR) is 293 cm³/mol. The number of aryl methyl sites for hydroxylation is 1. The number of nitrogens with two attached hydrogens (primary N) is 3. The molecule has 28 nitrogen and oxygen atoms in total. The largest absolute Gasteiger partial charge is 1.00 e. The number of rotatable bonds is 17. The van der Waals surface area contributed by atoms with Crippen molar-refractivity contribution in [1.82, 2.24) is 38.3 Å². The normalized spacial score (nSPS) is 11.9. The van der Waals surface area contributed by atoms with Gasteiger partial charge >= 0.3 is 88.7 Å². The fourth-order valence-corrected chi connectivity index (χ4v) is 11.4. The van der Waals surface area contributed by atoms with Crippen molar-refractivity contribution >= 4 is 136 Å². The standard InChI is InChI=1S/C17H21N7O9S5.C14H21N3O3S.C4H7N3O3S3.2CH4.BH4.3Na/c1-17(2,3)13-12(20-21-15-19-16(23-35-15)34-6-7-37(26,27)28)14(18)24(22-13)10-8-9(38(29,30)31)4-5-11(10)36-33-32-25;1-9-5-6-11(21(18,19)20)10(7-9)17-13(15)8-12(16-17)14(2,3)4;5-3-6-4(7-12-3)11-1-2-13(8,9)10;;;;;;/h4-5,8,25H,6-7,18H2,1-3H3,(H,26,27,28)(H,29,30,31);5-8,18-20H,15H2,1-4H3;1-2H2,(H2,5,6,7)(H,8,9,10);3*1H4;;;/q;;;;;-1;3*+1/p-3. The predicted octanol–water partition coefficient (Wildman–Crippen LogP) is -3.63. The molecule has 4 aromatic heterocycles. The van der Waals surface area contributed by atoms with Crippen LogP contribution in [0.2, 0.25) is 0 Å². The molecule has 0 spiro atoms. The number of hydrogen-bond donors (Lipinski definition) is 7. The van der Waals surface area contributed by atoms with E-state index in [-0.39, 0.29) is 172 Å². The molecule has 0 atom stereocenters. The van der Waals surface area contributed by atoms with Crippen LogP contribution in [-0.4, -0.2) is 122 Å². The van der Waals surface area contributed by atoms with Crippen LogP contribution < -0.4 is 111 Å². The van der Waals surface area contributed by atoms with Gasteiger partial charge in [0.25, 0.3) is 10.1 Å². The number of aromatic nitrogens is 8. The van der Waals surface area contributed by atoms with E-state index in [0.29, 0.717) is 39.5 Å². The molecule has 0 saturated carbocycles. The van der Waals surface area contributed by atoms with Gasteiger partial charge in [-0.3, -0.25) is 9.59 Å². The van der Waals surface area contributed by atoms with Gasteiger partial charge < -0.3 is 45.2 Å². The van der Waals surface area contributed by atoms with Crippen LogP contribution in [0.3, 0.4) is 0 Å². The second kappa shape index (κ2) is 34.0. The van der Waals surface area contributed by atoms with Gasteiger partial charge in [-0.25, -0.2) is 26.2 Å². The number of nitrogens with zero attached hydrogens (tertiary/aromatic N) is 10. The van der Waals surface area contributed by atoms with Gasteiger partial charge in [0.1, 0.15) is 26.8 Å². The molecule has 4 heterocycles. The summed E-state index contributed by atoms with van der Waals surface area (Å²) in [5, 5.41) is 31.9. The number of hydrogen-bond acceptors (Lipinski definition) is 30. The van der Waals surface area contributed by atoms with Crippen LogP contribution in [0.5, 0.6) is 0 Å². The maximum Gasteiger partial charge on any atom is 1.00 e. The zero-order valence-electron chi connectivity index (χ0n) is 41.5. The van der Waals surface area contributed by atoms with E-state index in [1.165, 1.54) is 16.8 Å². The molecule has 0 fully saturated rings. The molecular formula is C37H58BN13Na3O15S9-. The second-order valence-electron chi connectivity index (χ2n) is 16.4. The second-order valence-corrected chi connectivity index (χ2v) is 26.7. The zero-order valence-corrected chi connectivity index (χ0v) is 54.9. The van der Waals surface area contributed by atoms with Crippen molar-refractivity contribution in [2.75, 3.05) is 40.2 Å². The van der Waals surface area contributed by atoms with E-state index in [4.69, 9.17) is 21.8 Å². The Morgan fingerprint density at radius 3 is 1.81 bits per heavy atom. The summed E-state index contributed by atoms with van der Waals surface area (Å²) in [4.78, 5) is 7.46. The Hall–Kier alpha value is -1.07. The number of azo groups is 1. The smallest absolute Gasteiger partial charge is 0.748 e. The number of nitrogen functional groups attached to an aromatic ring is 3. The Morgan fingerprint density at radius 2 is 1.32 bits per heavy atom. The minimum Gasteiger partial charge on any atom is -0.748 e. The van der Waals surface area contributed by atoms with Crippen LogP contribution in [0, 0.1) is 6.92 Å². The Kier molecular flexibility index (Phi) is 35.4. The molecule has 10 N–H and O–H groups in total. The molecule has 422 valence electrons. The van der Waals surface area contributed by atoms with Crippen LogP contribution in [0.4, 0.5) is 27.6 Å². The fraction of sp³-hybridized carbons (Fsp3) is 0.405. The van der Waals surface area contributed by atoms with E-state index in [2.05, 4.69) is 48.5 Å². The minimum atomic E-state index is -4.86. The van der Waals surface area contributed by atoms with Crippen molar-refractivity contribution in [2.45, 2.75) is 99.1 Å². The van der Waals surface area contributed by atoms with E-state index < -0.39 is 57.3 Å². The molecule has 6 rings (SSSR count). The van der Waals surface area contributed by atoms with Gasteiger partial charge in [-0.1, -0.05) is 94.4 Å². The average molecular weight is 1290 g/mol. The summed E-state index contributed by atoms with van der Waals surface area (Å²) >= 11 is 4.44. The van der Waals surface area contributed by atoms with Crippen molar-refractivity contribution in [3.05, 3.63) is 59.4 Å². The molecule has 0 aliphatic carbocycles. The number of thioether (sulfide) groups is 2. The van der Waals surface area contributed by atoms with Gasteiger partial charge in [-0.2, -0.15) is 41.7 Å². The quantitative estimate of drug-likeness (QED) is 0.00881. The van der Waals surface area contributed by atoms with Crippen LogP contribution in [0.1, 0.15) is 73.3 Å². The maximum atomic E-state index is 11.6. The van der Waals surface area contributed by atoms with Crippen LogP contribution in [0.15, 0.2) is 77.7 Å². The van der Waals surface area contributed by atoms with Crippen LogP contribution in [0.25, 0.3) is 11.4 Å². The van der Waals surface area contributed by atoms with E-state index >= 15 is 0 Å². The molecule has 6 aromatic rings. The van der Waals surface area contributed by atoms with Crippen molar-refractivity contribution < 1.29 is 156 Å². The molecular weight excluding hydrogens is 1230 g/mol. The van der Waals surface area contributed by atoms with Crippen molar-refractivity contribution in [1.29, 1.82) is 0 Å². The Balaban J connectivity index is -0.00000119. The zero-order chi connectivity index (χ0) is 54.2. The first-order valence-electron chi connectivity index (χ1n) is 19.7. The monoisotopic (exact) mass is 1290 g/mol. The van der Waals surface area contributed by atoms with Gasteiger partial charge in [-0.05, 0) is 42.8 Å². The van der Waals surface area contributed by atoms with Crippen LogP contribution in [-0.2, 0) is 50.6 Å². The number of benzene rings is 2. The molecule has 0 radical (unpaired) electrons. The Labute approximate surface area is 543 Å². The summed E-state index contributed by atoms with van der Waals surface area (Å²) in [6, 6.07) is 9.84. The summed E-state index contributed by atoms with van der Waals surface area (Å²) in [5.74, 6) is -0.433. The molecule has 0 aliphatic heterocycles. The Morgan fingerprint density at radius 1 is 0.744 bits per heavy atom. The van der Waals surface area contributed by atoms with Gasteiger partial charge in [-0.15, -0.1) is 10.2 Å². The fourth-order valence-electron chi connectivity index (χ4n) is 5.28. The van der Waals surface area contributed by atoms with Crippen LogP contribution >= 0.6 is 69.5 Å². The van der Waals surface area contributed by atoms with Gasteiger partial charge in [0.15, 0.2) is 11.5 Å². The molecule has 0 aliphatic rings. The maximum absolute atomic E-state index is 11.6. The Bertz CT molecular complexity index is 3230. The summed E-state index contributed by atoms with van der Waals surface area (Å²) in [7, 11) is -17.0. The van der Waals surface area contributed by atoms with E-state index in [1.807, 2.05) is 48.5 Å². The summed E-state index contributed by atoms with van der Waals surface area (Å²) in [5.41, 5.74) is 19.2. The van der Waals surface area contributed by atoms with Gasteiger partial charge in [0.2, 0.25) is 20.6 Å². The van der Waals surface area contributed by atoms with Gasteiger partial charge in [0.05, 0.1) is 65.4 Å². The van der Waals surface area contributed by atoms with Crippen molar-refractivity contribution in [3.63, 3.8) is 0 Å². The van der Waals surface area contributed by atoms with E-state index in [9.17, 15) is 53.3 Å². The molecule has 0 amide bonds. The first kappa shape index (κ1) is 81.2. The molecule has 2 aromatic carbocycles. The molecule has 78 heavy (non-hydrogen) atoms. The molecule has 0 bridgehead atoms. The summed E-state index contributed by atoms with van der Waals surface area (Å²) < 4.78 is 140. The molecule has 41 heteroatoms. The first-order valence-corrected chi connectivity index (χ1v) is 30.0. The van der Waals surface area contributed by atoms with E-state index in [1.54, 1.807) is 18.2 Å². The summed E-state index contributed by atoms with van der Waals surface area (Å²) in [6.07, 6.45) is 0. The third-order valence-corrected chi connectivity index (χ3v) is 16.0.